The van der Waals surface area contributed by atoms with Crippen LogP contribution in [0.5, 0.6) is 0 Å². The maximum atomic E-state index is 13.2. The molecule has 0 saturated heterocycles. The molecule has 0 N–H and O–H groups in total. The third-order valence-electron chi connectivity index (χ3n) is 1.87. The van der Waals surface area contributed by atoms with Gasteiger partial charge in [-0.15, -0.1) is 0 Å². The van der Waals surface area contributed by atoms with Gasteiger partial charge >= 0.3 is 0 Å². The van der Waals surface area contributed by atoms with Crippen molar-refractivity contribution in [2.24, 2.45) is 0 Å². The van der Waals surface area contributed by atoms with Crippen LogP contribution < -0.4 is 0 Å². The van der Waals surface area contributed by atoms with Crippen LogP contribution in [0.25, 0.3) is 10.9 Å². The average Bonchev–Trinajstić information content (AvgIpc) is 2.19. The zero-order valence-electron chi connectivity index (χ0n) is 6.99. The van der Waals surface area contributed by atoms with E-state index in [0.29, 0.717) is 20.4 Å². The van der Waals surface area contributed by atoms with Gasteiger partial charge in [-0.1, -0.05) is 34.8 Å². The first kappa shape index (κ1) is 11.4. The molecule has 0 saturated carbocycles. The van der Waals surface area contributed by atoms with Gasteiger partial charge in [0.15, 0.2) is 0 Å². The van der Waals surface area contributed by atoms with E-state index in [4.69, 9.17) is 34.8 Å². The SMILES string of the molecule is Fc1cc2c(Cl)c(Br)c(Cl)nc2cc1Cl. The van der Waals surface area contributed by atoms with E-state index >= 15 is 0 Å². The smallest absolute Gasteiger partial charge is 0.145 e. The third-order valence-corrected chi connectivity index (χ3v) is 4.05. The Morgan fingerprint density at radius 3 is 2.53 bits per heavy atom. The second-order valence-electron chi connectivity index (χ2n) is 2.81. The minimum atomic E-state index is -0.540. The van der Waals surface area contributed by atoms with Gasteiger partial charge in [0.2, 0.25) is 0 Å². The lowest BCUT2D eigenvalue weighted by atomic mass is 10.2. The van der Waals surface area contributed by atoms with Gasteiger partial charge in [-0.2, -0.15) is 0 Å². The monoisotopic (exact) mass is 327 g/mol. The zero-order chi connectivity index (χ0) is 11.2. The number of halogens is 5. The normalized spacial score (nSPS) is 11.0. The maximum absolute atomic E-state index is 13.2. The lowest BCUT2D eigenvalue weighted by Crippen LogP contribution is -1.87. The molecule has 0 atom stereocenters. The van der Waals surface area contributed by atoms with Gasteiger partial charge < -0.3 is 0 Å². The standard InChI is InChI=1S/C9H2BrCl3FN/c10-7-8(12)3-1-5(14)4(11)2-6(3)15-9(7)13/h1-2H. The maximum Gasteiger partial charge on any atom is 0.145 e. The number of aromatic nitrogens is 1. The van der Waals surface area contributed by atoms with Crippen molar-refractivity contribution in [3.8, 4) is 0 Å². The highest BCUT2D eigenvalue weighted by Crippen LogP contribution is 2.36. The van der Waals surface area contributed by atoms with E-state index in [-0.39, 0.29) is 10.2 Å². The number of pyridine rings is 1. The van der Waals surface area contributed by atoms with Crippen LogP contribution in [0.3, 0.4) is 0 Å². The Kier molecular flexibility index (Phi) is 3.08. The number of hydrogen-bond acceptors (Lipinski definition) is 1. The second-order valence-corrected chi connectivity index (χ2v) is 4.75. The molecule has 6 heteroatoms. The summed E-state index contributed by atoms with van der Waals surface area (Å²) in [4.78, 5) is 4.02. The molecule has 0 unspecified atom stereocenters. The van der Waals surface area contributed by atoms with Crippen LogP contribution in [0.2, 0.25) is 15.2 Å². The predicted octanol–water partition coefficient (Wildman–Crippen LogP) is 5.10. The molecule has 78 valence electrons. The minimum absolute atomic E-state index is 0.00976. The molecule has 1 aromatic heterocycles. The Morgan fingerprint density at radius 1 is 1.20 bits per heavy atom. The summed E-state index contributed by atoms with van der Waals surface area (Å²) >= 11 is 20.6. The lowest BCUT2D eigenvalue weighted by Gasteiger charge is -2.05. The van der Waals surface area contributed by atoms with Crippen molar-refractivity contribution < 1.29 is 4.39 Å². The number of benzene rings is 1. The predicted molar refractivity (Wildman–Crippen MR) is 64.4 cm³/mol. The van der Waals surface area contributed by atoms with Gasteiger partial charge in [0, 0.05) is 5.39 Å². The van der Waals surface area contributed by atoms with Gasteiger partial charge in [-0.3, -0.25) is 0 Å². The van der Waals surface area contributed by atoms with Crippen LogP contribution in [0.1, 0.15) is 0 Å². The van der Waals surface area contributed by atoms with E-state index in [9.17, 15) is 4.39 Å². The quantitative estimate of drug-likeness (QED) is 0.613. The first-order valence-corrected chi connectivity index (χ1v) is 5.72. The Bertz CT molecular complexity index is 554. The summed E-state index contributed by atoms with van der Waals surface area (Å²) in [5.41, 5.74) is 0.458. The van der Waals surface area contributed by atoms with Crippen molar-refractivity contribution in [3.63, 3.8) is 0 Å². The molecule has 0 bridgehead atoms. The van der Waals surface area contributed by atoms with Crippen molar-refractivity contribution in [2.75, 3.05) is 0 Å². The Labute approximate surface area is 108 Å². The van der Waals surface area contributed by atoms with E-state index in [1.165, 1.54) is 12.1 Å². The molecule has 1 aromatic carbocycles. The molecule has 2 aromatic rings. The summed E-state index contributed by atoms with van der Waals surface area (Å²) in [5, 5.41) is 0.995. The topological polar surface area (TPSA) is 12.9 Å². The lowest BCUT2D eigenvalue weighted by molar-refractivity contribution is 0.630. The molecular formula is C9H2BrCl3FN. The molecule has 0 aliphatic carbocycles. The van der Waals surface area contributed by atoms with E-state index in [0.717, 1.165) is 0 Å². The van der Waals surface area contributed by atoms with Gasteiger partial charge in [-0.05, 0) is 28.1 Å². The number of rotatable bonds is 0. The first-order valence-electron chi connectivity index (χ1n) is 3.80. The van der Waals surface area contributed by atoms with Gasteiger partial charge in [0.05, 0.1) is 20.0 Å². The van der Waals surface area contributed by atoms with E-state index in [1.807, 2.05) is 0 Å². The number of hydrogen-bond donors (Lipinski definition) is 0. The van der Waals surface area contributed by atoms with Crippen molar-refractivity contribution in [1.82, 2.24) is 4.98 Å². The fourth-order valence-electron chi connectivity index (χ4n) is 1.17. The highest BCUT2D eigenvalue weighted by Gasteiger charge is 2.12. The minimum Gasteiger partial charge on any atom is -0.235 e. The van der Waals surface area contributed by atoms with Crippen molar-refractivity contribution >= 4 is 61.6 Å². The average molecular weight is 329 g/mol. The van der Waals surface area contributed by atoms with Crippen LogP contribution in [0, 0.1) is 5.82 Å². The van der Waals surface area contributed by atoms with Gasteiger partial charge in [-0.25, -0.2) is 9.37 Å². The van der Waals surface area contributed by atoms with Crippen molar-refractivity contribution in [2.45, 2.75) is 0 Å². The fraction of sp³-hybridized carbons (Fsp3) is 0. The second kappa shape index (κ2) is 4.06. The van der Waals surface area contributed by atoms with Crippen LogP contribution in [-0.2, 0) is 0 Å². The van der Waals surface area contributed by atoms with Gasteiger partial charge in [0.25, 0.3) is 0 Å². The number of fused-ring (bicyclic) bond motifs is 1. The molecule has 0 aliphatic heterocycles. The molecule has 2 rings (SSSR count). The molecule has 1 heterocycles. The zero-order valence-corrected chi connectivity index (χ0v) is 10.8. The van der Waals surface area contributed by atoms with E-state index in [1.54, 1.807) is 0 Å². The molecule has 0 spiro atoms. The molecule has 15 heavy (non-hydrogen) atoms. The van der Waals surface area contributed by atoms with Crippen LogP contribution >= 0.6 is 50.7 Å². The summed E-state index contributed by atoms with van der Waals surface area (Å²) in [7, 11) is 0. The summed E-state index contributed by atoms with van der Waals surface area (Å²) in [6.07, 6.45) is 0. The Hall–Kier alpha value is -0.0900. The summed E-state index contributed by atoms with van der Waals surface area (Å²) < 4.78 is 13.6. The fourth-order valence-corrected chi connectivity index (χ4v) is 2.10. The van der Waals surface area contributed by atoms with Crippen LogP contribution in [-0.4, -0.2) is 4.98 Å². The molecule has 0 radical (unpaired) electrons. The molecule has 0 fully saturated rings. The van der Waals surface area contributed by atoms with E-state index < -0.39 is 5.82 Å². The van der Waals surface area contributed by atoms with Crippen LogP contribution in [0.15, 0.2) is 16.6 Å². The molecular weight excluding hydrogens is 327 g/mol. The summed E-state index contributed by atoms with van der Waals surface area (Å²) in [6, 6.07) is 2.62. The Morgan fingerprint density at radius 2 is 1.87 bits per heavy atom. The summed E-state index contributed by atoms with van der Waals surface area (Å²) in [5.74, 6) is -0.540. The Balaban J connectivity index is 2.93. The van der Waals surface area contributed by atoms with Gasteiger partial charge in [0.1, 0.15) is 11.0 Å². The molecule has 0 aliphatic rings. The van der Waals surface area contributed by atoms with E-state index in [2.05, 4.69) is 20.9 Å². The largest absolute Gasteiger partial charge is 0.235 e. The highest BCUT2D eigenvalue weighted by molar-refractivity contribution is 9.10. The van der Waals surface area contributed by atoms with Crippen molar-refractivity contribution in [1.29, 1.82) is 0 Å². The first-order chi connectivity index (χ1) is 7.00. The summed E-state index contributed by atoms with van der Waals surface area (Å²) in [6.45, 7) is 0. The number of nitrogens with zero attached hydrogens (tertiary/aromatic N) is 1. The van der Waals surface area contributed by atoms with Crippen molar-refractivity contribution in [3.05, 3.63) is 37.6 Å². The third kappa shape index (κ3) is 1.94. The molecule has 1 nitrogen and oxygen atoms in total. The van der Waals surface area contributed by atoms with Crippen LogP contribution in [0.4, 0.5) is 4.39 Å². The highest BCUT2D eigenvalue weighted by atomic mass is 79.9. The molecule has 0 amide bonds.